The predicted octanol–water partition coefficient (Wildman–Crippen LogP) is 2.99. The molecule has 1 N–H and O–H groups in total. The molecule has 0 saturated heterocycles. The van der Waals surface area contributed by atoms with E-state index in [1.54, 1.807) is 25.6 Å². The molecule has 1 aliphatic rings. The highest BCUT2D eigenvalue weighted by atomic mass is 32.1. The van der Waals surface area contributed by atoms with Crippen molar-refractivity contribution in [1.29, 1.82) is 0 Å². The molecule has 6 heteroatoms. The van der Waals surface area contributed by atoms with Crippen molar-refractivity contribution in [1.82, 2.24) is 5.43 Å². The minimum atomic E-state index is -0.0384. The van der Waals surface area contributed by atoms with E-state index in [9.17, 15) is 4.79 Å². The number of aryl methyl sites for hydroxylation is 1. The number of allylic oxidation sites excluding steroid dienone is 2. The Morgan fingerprint density at radius 1 is 1.38 bits per heavy atom. The van der Waals surface area contributed by atoms with E-state index in [0.29, 0.717) is 6.42 Å². The summed E-state index contributed by atoms with van der Waals surface area (Å²) >= 11 is 1.63. The summed E-state index contributed by atoms with van der Waals surface area (Å²) < 4.78 is 10.9. The quantitative estimate of drug-likeness (QED) is 0.930. The van der Waals surface area contributed by atoms with Gasteiger partial charge in [0.2, 0.25) is 5.91 Å². The third kappa shape index (κ3) is 3.10. The summed E-state index contributed by atoms with van der Waals surface area (Å²) in [6, 6.07) is 0. The average molecular weight is 308 g/mol. The molecule has 0 fully saturated rings. The average Bonchev–Trinajstić information content (AvgIpc) is 2.77. The molecule has 5 nitrogen and oxygen atoms in total. The first-order valence-electron chi connectivity index (χ1n) is 6.74. The molecule has 0 spiro atoms. The van der Waals surface area contributed by atoms with E-state index >= 15 is 0 Å². The highest BCUT2D eigenvalue weighted by molar-refractivity contribution is 7.13. The van der Waals surface area contributed by atoms with Gasteiger partial charge >= 0.3 is 0 Å². The number of hydrogen-bond acceptors (Lipinski definition) is 5. The van der Waals surface area contributed by atoms with E-state index in [2.05, 4.69) is 10.5 Å². The van der Waals surface area contributed by atoms with Crippen LogP contribution in [0.15, 0.2) is 11.2 Å². The number of rotatable bonds is 4. The number of amides is 1. The molecule has 2 heterocycles. The fourth-order valence-corrected chi connectivity index (χ4v) is 3.38. The molecule has 1 unspecified atom stereocenters. The fourth-order valence-electron chi connectivity index (χ4n) is 2.32. The first kappa shape index (κ1) is 15.6. The van der Waals surface area contributed by atoms with Gasteiger partial charge in [-0.2, -0.15) is 5.10 Å². The topological polar surface area (TPSA) is 59.9 Å². The smallest absolute Gasteiger partial charge is 0.240 e. The molecule has 1 amide bonds. The van der Waals surface area contributed by atoms with Crippen LogP contribution in [0.4, 0.5) is 0 Å². The number of nitrogens with zero attached hydrogens (tertiary/aromatic N) is 1. The van der Waals surface area contributed by atoms with Gasteiger partial charge in [0.1, 0.15) is 0 Å². The van der Waals surface area contributed by atoms with E-state index in [0.717, 1.165) is 32.5 Å². The van der Waals surface area contributed by atoms with Gasteiger partial charge in [-0.25, -0.2) is 5.43 Å². The second kappa shape index (κ2) is 6.30. The standard InChI is InChI=1S/C15H20N2O3S/c1-8-7-12(18)17-16-11(8)6-9(2)15-14(20-5)13(19-4)10(3)21-15/h6,8H,7H2,1-5H3,(H,17,18). The van der Waals surface area contributed by atoms with Crippen molar-refractivity contribution in [2.24, 2.45) is 11.0 Å². The number of thiophene rings is 1. The molecule has 0 saturated carbocycles. The Morgan fingerprint density at radius 2 is 2.05 bits per heavy atom. The van der Waals surface area contributed by atoms with Crippen LogP contribution in [0.2, 0.25) is 0 Å². The zero-order valence-electron chi connectivity index (χ0n) is 12.9. The number of carbonyl (C=O) groups excluding carboxylic acids is 1. The van der Waals surface area contributed by atoms with Crippen LogP contribution in [0.3, 0.4) is 0 Å². The Hall–Kier alpha value is -1.82. The summed E-state index contributed by atoms with van der Waals surface area (Å²) in [4.78, 5) is 13.4. The number of ether oxygens (including phenoxy) is 2. The Bertz CT molecular complexity index is 617. The molecule has 1 atom stereocenters. The second-order valence-electron chi connectivity index (χ2n) is 5.06. The van der Waals surface area contributed by atoms with Gasteiger partial charge in [0, 0.05) is 17.2 Å². The lowest BCUT2D eigenvalue weighted by atomic mass is 9.98. The van der Waals surface area contributed by atoms with Crippen LogP contribution >= 0.6 is 11.3 Å². The molecule has 21 heavy (non-hydrogen) atoms. The van der Waals surface area contributed by atoms with Crippen LogP contribution in [0.5, 0.6) is 11.5 Å². The summed E-state index contributed by atoms with van der Waals surface area (Å²) in [6.45, 7) is 6.02. The maximum atomic E-state index is 11.3. The molecule has 0 aliphatic carbocycles. The van der Waals surface area contributed by atoms with Crippen molar-refractivity contribution in [2.75, 3.05) is 14.2 Å². The lowest BCUT2D eigenvalue weighted by Gasteiger charge is -2.17. The molecule has 0 radical (unpaired) electrons. The zero-order valence-corrected chi connectivity index (χ0v) is 13.8. The van der Waals surface area contributed by atoms with Crippen molar-refractivity contribution in [2.45, 2.75) is 27.2 Å². The van der Waals surface area contributed by atoms with Gasteiger partial charge in [-0.15, -0.1) is 11.3 Å². The summed E-state index contributed by atoms with van der Waals surface area (Å²) in [6.07, 6.45) is 2.46. The predicted molar refractivity (Wildman–Crippen MR) is 85.2 cm³/mol. The summed E-state index contributed by atoms with van der Waals surface area (Å²) in [5.74, 6) is 1.60. The summed E-state index contributed by atoms with van der Waals surface area (Å²) in [5.41, 5.74) is 4.45. The van der Waals surface area contributed by atoms with E-state index in [1.165, 1.54) is 0 Å². The Balaban J connectivity index is 2.38. The first-order valence-corrected chi connectivity index (χ1v) is 7.56. The van der Waals surface area contributed by atoms with Crippen molar-refractivity contribution in [3.63, 3.8) is 0 Å². The molecule has 114 valence electrons. The molecule has 1 aliphatic heterocycles. The molecule has 1 aromatic rings. The number of hydrazone groups is 1. The maximum Gasteiger partial charge on any atom is 0.240 e. The molecular formula is C15H20N2O3S. The number of hydrogen-bond donors (Lipinski definition) is 1. The monoisotopic (exact) mass is 308 g/mol. The van der Waals surface area contributed by atoms with Gasteiger partial charge in [-0.05, 0) is 25.5 Å². The van der Waals surface area contributed by atoms with Crippen molar-refractivity contribution >= 4 is 28.5 Å². The Morgan fingerprint density at radius 3 is 2.62 bits per heavy atom. The highest BCUT2D eigenvalue weighted by Crippen LogP contribution is 2.44. The van der Waals surface area contributed by atoms with E-state index in [1.807, 2.05) is 26.8 Å². The Kier molecular flexibility index (Phi) is 4.67. The van der Waals surface area contributed by atoms with E-state index < -0.39 is 0 Å². The molecule has 2 rings (SSSR count). The summed E-state index contributed by atoms with van der Waals surface area (Å²) in [7, 11) is 3.28. The normalized spacial score (nSPS) is 19.1. The number of carbonyl (C=O) groups is 1. The minimum absolute atomic E-state index is 0.0384. The van der Waals surface area contributed by atoms with E-state index in [-0.39, 0.29) is 11.8 Å². The van der Waals surface area contributed by atoms with Gasteiger partial charge in [0.25, 0.3) is 0 Å². The molecular weight excluding hydrogens is 288 g/mol. The van der Waals surface area contributed by atoms with Crippen LogP contribution in [0, 0.1) is 12.8 Å². The van der Waals surface area contributed by atoms with Crippen LogP contribution in [-0.2, 0) is 4.79 Å². The van der Waals surface area contributed by atoms with Gasteiger partial charge in [0.05, 0.1) is 24.8 Å². The summed E-state index contributed by atoms with van der Waals surface area (Å²) in [5, 5.41) is 4.14. The zero-order chi connectivity index (χ0) is 15.6. The van der Waals surface area contributed by atoms with Gasteiger partial charge in [-0.3, -0.25) is 4.79 Å². The van der Waals surface area contributed by atoms with Crippen LogP contribution in [-0.4, -0.2) is 25.8 Å². The van der Waals surface area contributed by atoms with Crippen molar-refractivity contribution in [3.05, 3.63) is 15.8 Å². The second-order valence-corrected chi connectivity index (χ2v) is 6.28. The minimum Gasteiger partial charge on any atom is -0.492 e. The molecule has 0 bridgehead atoms. The van der Waals surface area contributed by atoms with Crippen molar-refractivity contribution < 1.29 is 14.3 Å². The Labute approximate surface area is 128 Å². The molecule has 1 aromatic heterocycles. The van der Waals surface area contributed by atoms with Crippen molar-refractivity contribution in [3.8, 4) is 11.5 Å². The third-order valence-electron chi connectivity index (χ3n) is 3.42. The van der Waals surface area contributed by atoms with Crippen LogP contribution in [0.25, 0.3) is 5.57 Å². The van der Waals surface area contributed by atoms with Crippen LogP contribution < -0.4 is 14.9 Å². The van der Waals surface area contributed by atoms with Gasteiger partial charge < -0.3 is 9.47 Å². The lowest BCUT2D eigenvalue weighted by molar-refractivity contribution is -0.121. The number of methoxy groups -OCH3 is 2. The molecule has 0 aromatic carbocycles. The van der Waals surface area contributed by atoms with Gasteiger partial charge in [-0.1, -0.05) is 6.92 Å². The SMILES string of the molecule is COc1c(C)sc(C(C)=CC2=NNC(=O)CC2C)c1OC. The van der Waals surface area contributed by atoms with Gasteiger partial charge in [0.15, 0.2) is 11.5 Å². The van der Waals surface area contributed by atoms with Crippen LogP contribution in [0.1, 0.15) is 30.0 Å². The lowest BCUT2D eigenvalue weighted by Crippen LogP contribution is -2.30. The third-order valence-corrected chi connectivity index (χ3v) is 4.63. The fraction of sp³-hybridized carbons (Fsp3) is 0.467. The largest absolute Gasteiger partial charge is 0.492 e. The first-order chi connectivity index (χ1) is 9.97. The number of nitrogens with one attached hydrogen (secondary N) is 1. The highest BCUT2D eigenvalue weighted by Gasteiger charge is 2.22. The van der Waals surface area contributed by atoms with E-state index in [4.69, 9.17) is 9.47 Å². The maximum absolute atomic E-state index is 11.3.